The summed E-state index contributed by atoms with van der Waals surface area (Å²) in [6, 6.07) is 31.9. The van der Waals surface area contributed by atoms with E-state index in [4.69, 9.17) is 143 Å². The molecule has 654 valence electrons. The lowest BCUT2D eigenvalue weighted by Gasteiger charge is -2.32. The number of anilines is 2. The number of amides is 2. The number of benzene rings is 6. The molecule has 5 saturated heterocycles. The second kappa shape index (κ2) is 49.5. The van der Waals surface area contributed by atoms with Crippen molar-refractivity contribution < 1.29 is 92.4 Å². The minimum atomic E-state index is -0.573. The standard InChI is InChI=1S/C19H25ClN4O3.C19H28ClNO5.C16H22ClNO4.C14H20ClNO3.C11H14ClNO2.C7H5ClO2/c1-12-8-18(23-19(21)22-12)24-6-3-7-26-11-17(24)15-5-4-14(9-16(15)20)27-13(2)10-25;1-13(11-22)25-14-6-7-15(16(20)10-14)17-12-24-9-5-8-21(17)18(23)26-19(2,3)4;1-16(2,3)22-15(20)18-7-4-8-21-10-14(18)12-6-5-11(19)9-13(12)17;1-10(8-17)19-11-3-4-12(13(15)7-11)14-9-18-6-2-5-16-14;12-10-6-8(14)2-3-9(10)11-7-15-5-1-4-13-11;8-7-3-6(10)2-1-5(7)4-9/h4-5,8-9,13,17,25H,3,6-7,10-11H2,1-2H3,(H2,21,22,23);6-7,10,13,17,22H,5,8-9,11-12H2,1-4H3;5-6,9,14,19H,4,7-8,10H2,1-3H3;3-4,7,10,14,16-17H,2,5-6,8-9H2,1H3;2-3,6,11,13-14H,1,4-5,7H2;1-4,10H/t2*13-,17?;;10-,14?;;/m11.1../s1. The van der Waals surface area contributed by atoms with Crippen LogP contribution in [0.15, 0.2) is 115 Å². The van der Waals surface area contributed by atoms with E-state index in [0.717, 1.165) is 104 Å². The van der Waals surface area contributed by atoms with Gasteiger partial charge >= 0.3 is 12.2 Å². The second-order valence-electron chi connectivity index (χ2n) is 30.6. The Morgan fingerprint density at radius 1 is 0.479 bits per heavy atom. The smallest absolute Gasteiger partial charge is 0.410 e. The predicted molar refractivity (Wildman–Crippen MR) is 462 cm³/mol. The van der Waals surface area contributed by atoms with Crippen LogP contribution in [0.4, 0.5) is 21.4 Å². The molecule has 6 heterocycles. The quantitative estimate of drug-likeness (QED) is 0.0406. The predicted octanol–water partition coefficient (Wildman–Crippen LogP) is 16.4. The maximum absolute atomic E-state index is 12.7. The number of rotatable bonds is 16. The summed E-state index contributed by atoms with van der Waals surface area (Å²) in [5.74, 6) is 3.22. The Kier molecular flexibility index (Phi) is 40.9. The Labute approximate surface area is 727 Å². The third kappa shape index (κ3) is 32.9. The van der Waals surface area contributed by atoms with E-state index < -0.39 is 11.2 Å². The summed E-state index contributed by atoms with van der Waals surface area (Å²) in [4.78, 5) is 49.4. The first-order valence-electron chi connectivity index (χ1n) is 39.5. The molecular formula is C86H114Cl6N8O19. The molecule has 7 aromatic rings. The van der Waals surface area contributed by atoms with E-state index in [1.807, 2.05) is 97.9 Å². The van der Waals surface area contributed by atoms with Crippen LogP contribution in [0.2, 0.25) is 30.1 Å². The van der Waals surface area contributed by atoms with Crippen LogP contribution in [-0.2, 0) is 33.2 Å². The first-order valence-corrected chi connectivity index (χ1v) is 41.8. The number of nitrogens with one attached hydrogen (secondary N) is 2. The lowest BCUT2D eigenvalue weighted by molar-refractivity contribution is 0.0110. The Morgan fingerprint density at radius 3 is 1.20 bits per heavy atom. The molecule has 2 amide bonds. The van der Waals surface area contributed by atoms with Gasteiger partial charge in [0, 0.05) is 95.1 Å². The van der Waals surface area contributed by atoms with Crippen molar-refractivity contribution in [3.63, 3.8) is 0 Å². The number of hydrogen-bond acceptors (Lipinski definition) is 25. The van der Waals surface area contributed by atoms with Gasteiger partial charge in [0.15, 0.2) is 6.29 Å². The topological polar surface area (TPSA) is 350 Å². The van der Waals surface area contributed by atoms with Gasteiger partial charge < -0.3 is 99.3 Å². The lowest BCUT2D eigenvalue weighted by atomic mass is 10.1. The normalized spacial score (nSPS) is 19.3. The number of hydrogen-bond donors (Lipinski definition) is 9. The van der Waals surface area contributed by atoms with Crippen LogP contribution in [0.1, 0.15) is 168 Å². The highest BCUT2D eigenvalue weighted by Gasteiger charge is 2.35. The van der Waals surface area contributed by atoms with Crippen molar-refractivity contribution >= 4 is 99.8 Å². The molecule has 5 unspecified atom stereocenters. The highest BCUT2D eigenvalue weighted by Crippen LogP contribution is 2.39. The fraction of sp³-hybridized carbons (Fsp3) is 0.500. The third-order valence-corrected chi connectivity index (χ3v) is 20.3. The van der Waals surface area contributed by atoms with Gasteiger partial charge in [-0.15, -0.1) is 0 Å². The summed E-state index contributed by atoms with van der Waals surface area (Å²) in [5.41, 5.74) is 10.4. The highest BCUT2D eigenvalue weighted by molar-refractivity contribution is 6.33. The minimum Gasteiger partial charge on any atom is -0.508 e. The van der Waals surface area contributed by atoms with Crippen molar-refractivity contribution in [1.82, 2.24) is 30.4 Å². The SMILES string of the molecule is CC(C)(C)OC(=O)N1CCCOCC1c1ccc(O)cc1Cl.C[C@H](CO)Oc1ccc(C2COCCCN2)c(Cl)c1.C[C@H](CO)Oc1ccc(C2COCCCN2C(=O)OC(C)(C)C)c(Cl)c1.Cc1cc(N2CCCOCC2c2ccc(O[C@H](C)CO)cc2Cl)nc(N)n1.O=Cc1ccc(O)cc1Cl.Oc1ccc(C2COCCCN2)c(Cl)c1. The number of nitrogens with zero attached hydrogens (tertiary/aromatic N) is 5. The molecule has 5 fully saturated rings. The molecule has 0 aliphatic carbocycles. The van der Waals surface area contributed by atoms with Crippen molar-refractivity contribution in [2.24, 2.45) is 0 Å². The van der Waals surface area contributed by atoms with Gasteiger partial charge in [0.1, 0.15) is 69.8 Å². The average molecular weight is 1780 g/mol. The van der Waals surface area contributed by atoms with Crippen LogP contribution in [-0.4, -0.2) is 217 Å². The number of carbonyl (C=O) groups excluding carboxylic acids is 3. The number of phenolic OH excluding ortho intramolecular Hbond substituents is 3. The van der Waals surface area contributed by atoms with E-state index >= 15 is 0 Å². The van der Waals surface area contributed by atoms with E-state index in [1.54, 1.807) is 72.2 Å². The van der Waals surface area contributed by atoms with Crippen molar-refractivity contribution in [2.75, 3.05) is 129 Å². The van der Waals surface area contributed by atoms with Crippen LogP contribution < -0.4 is 35.5 Å². The number of halogens is 6. The van der Waals surface area contributed by atoms with Crippen molar-refractivity contribution in [3.05, 3.63) is 184 Å². The van der Waals surface area contributed by atoms with Crippen LogP contribution in [0.5, 0.6) is 34.5 Å². The maximum Gasteiger partial charge on any atom is 0.410 e. The Hall–Kier alpha value is -7.65. The van der Waals surface area contributed by atoms with E-state index in [0.29, 0.717) is 120 Å². The number of aryl methyl sites for hydroxylation is 1. The first-order chi connectivity index (χ1) is 56.7. The van der Waals surface area contributed by atoms with Gasteiger partial charge in [-0.05, 0) is 221 Å². The maximum atomic E-state index is 12.7. The number of aliphatic hydroxyl groups excluding tert-OH is 3. The van der Waals surface area contributed by atoms with Crippen LogP contribution in [0, 0.1) is 6.92 Å². The van der Waals surface area contributed by atoms with Crippen LogP contribution in [0.25, 0.3) is 0 Å². The molecule has 0 bridgehead atoms. The molecule has 8 atom stereocenters. The van der Waals surface area contributed by atoms with E-state index in [9.17, 15) is 24.6 Å². The molecule has 5 aliphatic heterocycles. The molecule has 5 aliphatic rings. The fourth-order valence-corrected chi connectivity index (χ4v) is 14.3. The molecule has 0 saturated carbocycles. The summed E-state index contributed by atoms with van der Waals surface area (Å²) in [6.45, 7) is 27.8. The van der Waals surface area contributed by atoms with E-state index in [-0.39, 0.29) is 109 Å². The molecule has 119 heavy (non-hydrogen) atoms. The highest BCUT2D eigenvalue weighted by atomic mass is 35.5. The summed E-state index contributed by atoms with van der Waals surface area (Å²) in [7, 11) is 0. The van der Waals surface area contributed by atoms with Gasteiger partial charge in [0.05, 0.1) is 88.1 Å². The first kappa shape index (κ1) is 98.5. The molecule has 27 nitrogen and oxygen atoms in total. The zero-order valence-corrected chi connectivity index (χ0v) is 73.5. The number of nitrogens with two attached hydrogens (primary N) is 1. The number of aliphatic hydroxyl groups is 3. The Morgan fingerprint density at radius 2 is 0.824 bits per heavy atom. The number of nitrogen functional groups attached to an aromatic ring is 1. The van der Waals surface area contributed by atoms with Gasteiger partial charge in [-0.1, -0.05) is 99.9 Å². The number of phenols is 3. The molecule has 10 N–H and O–H groups in total. The summed E-state index contributed by atoms with van der Waals surface area (Å²) < 4.78 is 55.8. The fourth-order valence-electron chi connectivity index (χ4n) is 12.6. The number of carbonyl (C=O) groups is 3. The Balaban J connectivity index is 0.000000201. The number of aromatic nitrogens is 2. The minimum absolute atomic E-state index is 0.0165. The second-order valence-corrected chi connectivity index (χ2v) is 33.0. The zero-order valence-electron chi connectivity index (χ0n) is 69.0. The number of aldehydes is 1. The molecule has 6 aromatic carbocycles. The average Bonchev–Trinajstić information content (AvgIpc) is 1.78. The van der Waals surface area contributed by atoms with Crippen LogP contribution in [0.3, 0.4) is 0 Å². The van der Waals surface area contributed by atoms with Gasteiger partial charge in [-0.2, -0.15) is 4.98 Å². The number of ether oxygens (including phenoxy) is 10. The monoisotopic (exact) mass is 1770 g/mol. The molecule has 1 aromatic heterocycles. The van der Waals surface area contributed by atoms with Crippen molar-refractivity contribution in [3.8, 4) is 34.5 Å². The van der Waals surface area contributed by atoms with Crippen LogP contribution >= 0.6 is 69.6 Å². The zero-order chi connectivity index (χ0) is 86.9. The van der Waals surface area contributed by atoms with Gasteiger partial charge in [0.2, 0.25) is 5.95 Å². The van der Waals surface area contributed by atoms with Gasteiger partial charge in [-0.3, -0.25) is 14.6 Å². The van der Waals surface area contributed by atoms with E-state index in [1.165, 1.54) is 24.3 Å². The lowest BCUT2D eigenvalue weighted by Crippen LogP contribution is -2.40. The molecule has 0 radical (unpaired) electrons. The molecule has 0 spiro atoms. The Bertz CT molecular complexity index is 4290. The summed E-state index contributed by atoms with van der Waals surface area (Å²) in [6.07, 6.45) is 3.43. The summed E-state index contributed by atoms with van der Waals surface area (Å²) >= 11 is 37.2. The molecule has 12 rings (SSSR count). The van der Waals surface area contributed by atoms with Crippen molar-refractivity contribution in [2.45, 2.75) is 161 Å². The summed E-state index contributed by atoms with van der Waals surface area (Å²) in [5, 5.41) is 64.6. The van der Waals surface area contributed by atoms with Crippen molar-refractivity contribution in [1.29, 1.82) is 0 Å². The van der Waals surface area contributed by atoms with E-state index in [2.05, 4.69) is 25.5 Å². The molecular weight excluding hydrogens is 1660 g/mol. The van der Waals surface area contributed by atoms with Gasteiger partial charge in [0.25, 0.3) is 0 Å². The largest absolute Gasteiger partial charge is 0.508 e. The van der Waals surface area contributed by atoms with Gasteiger partial charge in [-0.25, -0.2) is 14.6 Å². The number of aromatic hydroxyl groups is 3. The third-order valence-electron chi connectivity index (χ3n) is 18.3. The molecule has 33 heteroatoms.